The van der Waals surface area contributed by atoms with E-state index in [4.69, 9.17) is 0 Å². The largest absolute Gasteiger partial charge is 0.272 e. The smallest absolute Gasteiger partial charge is 0.160 e. The van der Waals surface area contributed by atoms with Gasteiger partial charge in [-0.05, 0) is 36.2 Å². The van der Waals surface area contributed by atoms with E-state index in [1.54, 1.807) is 26.2 Å². The van der Waals surface area contributed by atoms with Crippen LogP contribution in [0.25, 0.3) is 0 Å². The van der Waals surface area contributed by atoms with E-state index in [-0.39, 0.29) is 17.3 Å². The highest BCUT2D eigenvalue weighted by molar-refractivity contribution is 7.89. The number of benzene rings is 1. The molecule has 6 heteroatoms. The van der Waals surface area contributed by atoms with Crippen molar-refractivity contribution in [3.63, 3.8) is 0 Å². The second-order valence-corrected chi connectivity index (χ2v) is 6.61. The lowest BCUT2D eigenvalue weighted by Crippen LogP contribution is -2.11. The van der Waals surface area contributed by atoms with Crippen LogP contribution in [0.15, 0.2) is 30.5 Å². The van der Waals surface area contributed by atoms with Crippen LogP contribution < -0.4 is 0 Å². The van der Waals surface area contributed by atoms with E-state index in [0.29, 0.717) is 16.8 Å². The van der Waals surface area contributed by atoms with Gasteiger partial charge in [0.1, 0.15) is 5.82 Å². The highest BCUT2D eigenvalue weighted by Gasteiger charge is 2.16. The van der Waals surface area contributed by atoms with Gasteiger partial charge in [0.15, 0.2) is 9.84 Å². The summed E-state index contributed by atoms with van der Waals surface area (Å²) in [6.45, 7) is 1.71. The standard InChI is InChI=1S/C13H15FN2O2S/c1-10-7-12(14)4-3-11(10)8-19(17,18)9-13-5-6-15-16(13)2/h3-7H,8-9H2,1-2H3. The summed E-state index contributed by atoms with van der Waals surface area (Å²) in [5.74, 6) is -0.518. The summed E-state index contributed by atoms with van der Waals surface area (Å²) >= 11 is 0. The molecule has 0 radical (unpaired) electrons. The van der Waals surface area contributed by atoms with Crippen molar-refractivity contribution in [1.29, 1.82) is 0 Å². The number of hydrogen-bond acceptors (Lipinski definition) is 3. The van der Waals surface area contributed by atoms with Gasteiger partial charge in [0.2, 0.25) is 0 Å². The van der Waals surface area contributed by atoms with Crippen LogP contribution in [0.4, 0.5) is 4.39 Å². The number of aromatic nitrogens is 2. The molecule has 0 N–H and O–H groups in total. The third-order valence-electron chi connectivity index (χ3n) is 2.97. The van der Waals surface area contributed by atoms with Gasteiger partial charge in [-0.2, -0.15) is 5.10 Å². The minimum absolute atomic E-state index is 0.0691. The monoisotopic (exact) mass is 282 g/mol. The molecule has 0 bridgehead atoms. The highest BCUT2D eigenvalue weighted by atomic mass is 32.2. The van der Waals surface area contributed by atoms with Gasteiger partial charge in [-0.3, -0.25) is 4.68 Å². The van der Waals surface area contributed by atoms with Gasteiger partial charge in [-0.15, -0.1) is 0 Å². The molecule has 0 saturated carbocycles. The van der Waals surface area contributed by atoms with E-state index < -0.39 is 9.84 Å². The maximum absolute atomic E-state index is 13.0. The lowest BCUT2D eigenvalue weighted by Gasteiger charge is -2.08. The third kappa shape index (κ3) is 3.41. The molecule has 1 aromatic carbocycles. The summed E-state index contributed by atoms with van der Waals surface area (Å²) in [4.78, 5) is 0. The van der Waals surface area contributed by atoms with Crippen molar-refractivity contribution in [3.8, 4) is 0 Å². The summed E-state index contributed by atoms with van der Waals surface area (Å²) in [5.41, 5.74) is 1.91. The molecule has 102 valence electrons. The van der Waals surface area contributed by atoms with Crippen LogP contribution in [0.3, 0.4) is 0 Å². The Balaban J connectivity index is 2.20. The third-order valence-corrected chi connectivity index (χ3v) is 4.46. The van der Waals surface area contributed by atoms with Gasteiger partial charge in [-0.25, -0.2) is 12.8 Å². The maximum atomic E-state index is 13.0. The van der Waals surface area contributed by atoms with E-state index >= 15 is 0 Å². The number of hydrogen-bond donors (Lipinski definition) is 0. The molecule has 0 aliphatic carbocycles. The Morgan fingerprint density at radius 1 is 1.26 bits per heavy atom. The fraction of sp³-hybridized carbons (Fsp3) is 0.308. The molecular formula is C13H15FN2O2S. The topological polar surface area (TPSA) is 52.0 Å². The van der Waals surface area contributed by atoms with E-state index in [2.05, 4.69) is 5.10 Å². The zero-order valence-corrected chi connectivity index (χ0v) is 11.6. The van der Waals surface area contributed by atoms with E-state index in [1.165, 1.54) is 22.9 Å². The Morgan fingerprint density at radius 3 is 2.58 bits per heavy atom. The minimum Gasteiger partial charge on any atom is -0.272 e. The number of sulfone groups is 1. The van der Waals surface area contributed by atoms with Crippen molar-refractivity contribution in [3.05, 3.63) is 53.1 Å². The summed E-state index contributed by atoms with van der Waals surface area (Å²) in [6.07, 6.45) is 1.56. The molecule has 0 amide bonds. The van der Waals surface area contributed by atoms with Gasteiger partial charge in [0.25, 0.3) is 0 Å². The Morgan fingerprint density at radius 2 is 2.00 bits per heavy atom. The van der Waals surface area contributed by atoms with Crippen molar-refractivity contribution in [2.75, 3.05) is 0 Å². The lowest BCUT2D eigenvalue weighted by atomic mass is 10.1. The molecule has 0 spiro atoms. The maximum Gasteiger partial charge on any atom is 0.160 e. The van der Waals surface area contributed by atoms with E-state index in [0.717, 1.165) is 0 Å². The van der Waals surface area contributed by atoms with Crippen molar-refractivity contribution in [2.45, 2.75) is 18.4 Å². The molecular weight excluding hydrogens is 267 g/mol. The number of halogens is 1. The Bertz CT molecular complexity index is 692. The zero-order chi connectivity index (χ0) is 14.0. The normalized spacial score (nSPS) is 11.7. The molecule has 0 saturated heterocycles. The fourth-order valence-corrected chi connectivity index (χ4v) is 3.51. The number of nitrogens with zero attached hydrogens (tertiary/aromatic N) is 2. The second kappa shape index (κ2) is 5.13. The van der Waals surface area contributed by atoms with E-state index in [9.17, 15) is 12.8 Å². The summed E-state index contributed by atoms with van der Waals surface area (Å²) < 4.78 is 38.8. The molecule has 1 heterocycles. The summed E-state index contributed by atoms with van der Waals surface area (Å²) in [6, 6.07) is 5.82. The van der Waals surface area contributed by atoms with Crippen LogP contribution in [-0.2, 0) is 28.4 Å². The average Bonchev–Trinajstić information content (AvgIpc) is 2.68. The van der Waals surface area contributed by atoms with Gasteiger partial charge in [0.05, 0.1) is 17.2 Å². The Kier molecular flexibility index (Phi) is 3.71. The Labute approximate surface area is 111 Å². The fourth-order valence-electron chi connectivity index (χ4n) is 1.88. The van der Waals surface area contributed by atoms with Crippen molar-refractivity contribution < 1.29 is 12.8 Å². The van der Waals surface area contributed by atoms with Gasteiger partial charge in [0, 0.05) is 13.2 Å². The molecule has 0 aliphatic heterocycles. The van der Waals surface area contributed by atoms with Gasteiger partial charge < -0.3 is 0 Å². The first-order valence-corrected chi connectivity index (χ1v) is 7.62. The highest BCUT2D eigenvalue weighted by Crippen LogP contribution is 2.16. The van der Waals surface area contributed by atoms with Crippen molar-refractivity contribution >= 4 is 9.84 Å². The van der Waals surface area contributed by atoms with Crippen LogP contribution in [0.5, 0.6) is 0 Å². The molecule has 0 aliphatic rings. The quantitative estimate of drug-likeness (QED) is 0.861. The van der Waals surface area contributed by atoms with Crippen LogP contribution in [0, 0.1) is 12.7 Å². The lowest BCUT2D eigenvalue weighted by molar-refractivity contribution is 0.590. The molecule has 2 rings (SSSR count). The van der Waals surface area contributed by atoms with Crippen molar-refractivity contribution in [1.82, 2.24) is 9.78 Å². The SMILES string of the molecule is Cc1cc(F)ccc1CS(=O)(=O)Cc1ccnn1C. The number of rotatable bonds is 4. The van der Waals surface area contributed by atoms with Crippen LogP contribution in [0.1, 0.15) is 16.8 Å². The first-order valence-electron chi connectivity index (χ1n) is 5.80. The van der Waals surface area contributed by atoms with Crippen molar-refractivity contribution in [2.24, 2.45) is 7.05 Å². The first kappa shape index (κ1) is 13.7. The van der Waals surface area contributed by atoms with Gasteiger partial charge >= 0.3 is 0 Å². The summed E-state index contributed by atoms with van der Waals surface area (Å²) in [5, 5.41) is 3.94. The summed E-state index contributed by atoms with van der Waals surface area (Å²) in [7, 11) is -1.60. The van der Waals surface area contributed by atoms with Crippen LogP contribution >= 0.6 is 0 Å². The predicted octanol–water partition coefficient (Wildman–Crippen LogP) is 1.98. The molecule has 1 aromatic heterocycles. The molecule has 4 nitrogen and oxygen atoms in total. The first-order chi connectivity index (χ1) is 8.87. The second-order valence-electron chi connectivity index (χ2n) is 4.55. The number of aryl methyl sites for hydroxylation is 2. The van der Waals surface area contributed by atoms with Crippen LogP contribution in [-0.4, -0.2) is 18.2 Å². The molecule has 0 unspecified atom stereocenters. The predicted molar refractivity (Wildman–Crippen MR) is 70.7 cm³/mol. The van der Waals surface area contributed by atoms with E-state index in [1.807, 2.05) is 0 Å². The molecule has 0 fully saturated rings. The minimum atomic E-state index is -3.30. The molecule has 0 atom stereocenters. The zero-order valence-electron chi connectivity index (χ0n) is 10.8. The Hall–Kier alpha value is -1.69. The van der Waals surface area contributed by atoms with Crippen LogP contribution in [0.2, 0.25) is 0 Å². The van der Waals surface area contributed by atoms with Gasteiger partial charge in [-0.1, -0.05) is 6.07 Å². The molecule has 2 aromatic rings. The average molecular weight is 282 g/mol. The molecule has 19 heavy (non-hydrogen) atoms.